The highest BCUT2D eigenvalue weighted by Gasteiger charge is 2.30. The summed E-state index contributed by atoms with van der Waals surface area (Å²) in [6.07, 6.45) is 0.741. The first-order chi connectivity index (χ1) is 16.4. The molecule has 1 N–H and O–H groups in total. The summed E-state index contributed by atoms with van der Waals surface area (Å²) in [5, 5.41) is 3.52. The molecule has 178 valence electrons. The lowest BCUT2D eigenvalue weighted by Crippen LogP contribution is -2.37. The van der Waals surface area contributed by atoms with Gasteiger partial charge in [0.2, 0.25) is 0 Å². The van der Waals surface area contributed by atoms with Gasteiger partial charge in [-0.1, -0.05) is 36.4 Å². The zero-order valence-corrected chi connectivity index (χ0v) is 19.9. The number of methoxy groups -OCH3 is 2. The summed E-state index contributed by atoms with van der Waals surface area (Å²) in [5.41, 5.74) is 4.69. The normalized spacial score (nSPS) is 17.9. The summed E-state index contributed by atoms with van der Waals surface area (Å²) in [6, 6.07) is 18.9. The van der Waals surface area contributed by atoms with Crippen LogP contribution in [0.2, 0.25) is 0 Å². The lowest BCUT2D eigenvalue weighted by Gasteiger charge is -2.33. The van der Waals surface area contributed by atoms with Crippen molar-refractivity contribution < 1.29 is 23.4 Å². The number of fused-ring (bicyclic) bond motifs is 1. The molecule has 2 unspecified atom stereocenters. The fourth-order valence-electron chi connectivity index (χ4n) is 4.55. The molecule has 0 saturated heterocycles. The van der Waals surface area contributed by atoms with Gasteiger partial charge in [0.25, 0.3) is 0 Å². The van der Waals surface area contributed by atoms with Crippen molar-refractivity contribution in [3.8, 4) is 11.5 Å². The molecule has 3 aromatic rings. The molecule has 3 atom stereocenters. The van der Waals surface area contributed by atoms with Crippen LogP contribution in [0.4, 0.5) is 4.39 Å². The van der Waals surface area contributed by atoms with Crippen LogP contribution in [0.1, 0.15) is 57.9 Å². The number of halogens is 1. The Kier molecular flexibility index (Phi) is 7.17. The maximum absolute atomic E-state index is 13.8. The molecule has 5 nitrogen and oxygen atoms in total. The van der Waals surface area contributed by atoms with Crippen LogP contribution in [0.25, 0.3) is 0 Å². The Morgan fingerprint density at radius 1 is 1.15 bits per heavy atom. The van der Waals surface area contributed by atoms with E-state index in [1.165, 1.54) is 20.3 Å². The van der Waals surface area contributed by atoms with Crippen LogP contribution < -0.4 is 14.8 Å². The van der Waals surface area contributed by atoms with E-state index in [1.807, 2.05) is 44.2 Å². The largest absolute Gasteiger partial charge is 0.494 e. The molecular weight excluding hydrogens is 433 g/mol. The average molecular weight is 464 g/mol. The molecule has 3 aromatic carbocycles. The van der Waals surface area contributed by atoms with Gasteiger partial charge in [-0.25, -0.2) is 9.18 Å². The second-order valence-electron chi connectivity index (χ2n) is 8.66. The molecule has 6 heteroatoms. The van der Waals surface area contributed by atoms with Gasteiger partial charge in [-0.05, 0) is 61.2 Å². The van der Waals surface area contributed by atoms with Gasteiger partial charge in [0, 0.05) is 24.1 Å². The van der Waals surface area contributed by atoms with Crippen molar-refractivity contribution in [1.29, 1.82) is 0 Å². The van der Waals surface area contributed by atoms with Gasteiger partial charge in [0.05, 0.1) is 19.8 Å². The molecule has 0 aromatic heterocycles. The predicted molar refractivity (Wildman–Crippen MR) is 129 cm³/mol. The second kappa shape index (κ2) is 10.3. The second-order valence-corrected chi connectivity index (χ2v) is 8.66. The maximum Gasteiger partial charge on any atom is 0.338 e. The molecular formula is C28H30FNO4. The third-order valence-corrected chi connectivity index (χ3v) is 6.47. The first-order valence-electron chi connectivity index (χ1n) is 11.4. The fourth-order valence-corrected chi connectivity index (χ4v) is 4.55. The van der Waals surface area contributed by atoms with E-state index in [0.29, 0.717) is 12.1 Å². The molecule has 4 rings (SSSR count). The highest BCUT2D eigenvalue weighted by molar-refractivity contribution is 5.91. The number of rotatable bonds is 7. The summed E-state index contributed by atoms with van der Waals surface area (Å²) in [4.78, 5) is 12.0. The monoisotopic (exact) mass is 463 g/mol. The van der Waals surface area contributed by atoms with E-state index < -0.39 is 0 Å². The van der Waals surface area contributed by atoms with E-state index in [9.17, 15) is 9.18 Å². The third kappa shape index (κ3) is 4.92. The van der Waals surface area contributed by atoms with E-state index in [-0.39, 0.29) is 35.6 Å². The summed E-state index contributed by atoms with van der Waals surface area (Å²) in [7, 11) is 2.86. The van der Waals surface area contributed by atoms with Gasteiger partial charge < -0.3 is 19.5 Å². The van der Waals surface area contributed by atoms with Gasteiger partial charge in [-0.15, -0.1) is 0 Å². The minimum Gasteiger partial charge on any atom is -0.494 e. The number of ether oxygens (including phenoxy) is 3. The Morgan fingerprint density at radius 2 is 1.94 bits per heavy atom. The maximum atomic E-state index is 13.8. The van der Waals surface area contributed by atoms with E-state index in [2.05, 4.69) is 17.4 Å². The Morgan fingerprint density at radius 3 is 2.68 bits per heavy atom. The number of aryl methyl sites for hydroxylation is 1. The highest BCUT2D eigenvalue weighted by Crippen LogP contribution is 2.40. The Balaban J connectivity index is 1.53. The van der Waals surface area contributed by atoms with Crippen LogP contribution in [-0.4, -0.2) is 32.8 Å². The molecule has 0 saturated carbocycles. The highest BCUT2D eigenvalue weighted by atomic mass is 19.1. The molecule has 0 amide bonds. The van der Waals surface area contributed by atoms with Crippen molar-refractivity contribution >= 4 is 5.97 Å². The van der Waals surface area contributed by atoms with Gasteiger partial charge in [0.15, 0.2) is 11.6 Å². The van der Waals surface area contributed by atoms with Crippen molar-refractivity contribution in [1.82, 2.24) is 5.32 Å². The number of nitrogens with one attached hydrogen (secondary N) is 1. The van der Waals surface area contributed by atoms with Gasteiger partial charge >= 0.3 is 5.97 Å². The molecule has 0 fully saturated rings. The van der Waals surface area contributed by atoms with Gasteiger partial charge in [0.1, 0.15) is 11.9 Å². The standard InChI is InChI=1S/C28H30FNO4/c1-17-13-20(9-11-22(17)28(31)33-4)24-15-21(34-26-8-6-5-7-23(24)26)16-30-18(2)19-10-12-25(29)27(14-19)32-3/h5-14,18,21,24,30H,15-16H2,1-4H3/t18?,21-,24?/m1/s1. The number of hydrogen-bond acceptors (Lipinski definition) is 5. The predicted octanol–water partition coefficient (Wildman–Crippen LogP) is 5.56. The zero-order valence-electron chi connectivity index (χ0n) is 19.9. The van der Waals surface area contributed by atoms with Crippen molar-refractivity contribution in [2.24, 2.45) is 0 Å². The number of esters is 1. The average Bonchev–Trinajstić information content (AvgIpc) is 2.86. The third-order valence-electron chi connectivity index (χ3n) is 6.47. The van der Waals surface area contributed by atoms with Crippen LogP contribution in [0.3, 0.4) is 0 Å². The molecule has 1 aliphatic heterocycles. The van der Waals surface area contributed by atoms with Crippen molar-refractivity contribution in [2.45, 2.75) is 38.3 Å². The molecule has 0 bridgehead atoms. The Labute approximate surface area is 199 Å². The van der Waals surface area contributed by atoms with Gasteiger partial charge in [-0.3, -0.25) is 0 Å². The topological polar surface area (TPSA) is 56.8 Å². The van der Waals surface area contributed by atoms with Crippen LogP contribution in [0.5, 0.6) is 11.5 Å². The minimum absolute atomic E-state index is 0.00435. The van der Waals surface area contributed by atoms with E-state index in [4.69, 9.17) is 14.2 Å². The van der Waals surface area contributed by atoms with Crippen LogP contribution >= 0.6 is 0 Å². The quantitative estimate of drug-likeness (QED) is 0.465. The summed E-state index contributed by atoms with van der Waals surface area (Å²) < 4.78 is 30.1. The minimum atomic E-state index is -0.373. The van der Waals surface area contributed by atoms with Crippen LogP contribution in [0, 0.1) is 12.7 Å². The van der Waals surface area contributed by atoms with E-state index in [1.54, 1.807) is 12.1 Å². The van der Waals surface area contributed by atoms with Crippen LogP contribution in [-0.2, 0) is 4.74 Å². The number of carbonyl (C=O) groups is 1. The van der Waals surface area contributed by atoms with Crippen molar-refractivity contribution in [3.05, 3.63) is 94.3 Å². The molecule has 34 heavy (non-hydrogen) atoms. The summed E-state index contributed by atoms with van der Waals surface area (Å²) in [5.74, 6) is 0.548. The number of para-hydroxylation sites is 1. The Hall–Kier alpha value is -3.38. The smallest absolute Gasteiger partial charge is 0.338 e. The SMILES string of the molecule is COC(=O)c1ccc(C2C[C@H](CNC(C)c3ccc(F)c(OC)c3)Oc3ccccc32)cc1C. The van der Waals surface area contributed by atoms with Gasteiger partial charge in [-0.2, -0.15) is 0 Å². The lowest BCUT2D eigenvalue weighted by atomic mass is 9.83. The van der Waals surface area contributed by atoms with E-state index in [0.717, 1.165) is 34.4 Å². The van der Waals surface area contributed by atoms with E-state index >= 15 is 0 Å². The molecule has 0 spiro atoms. The first kappa shape index (κ1) is 23.8. The first-order valence-corrected chi connectivity index (χ1v) is 11.4. The molecule has 0 aliphatic carbocycles. The summed E-state index contributed by atoms with van der Waals surface area (Å²) >= 11 is 0. The van der Waals surface area contributed by atoms with Crippen LogP contribution in [0.15, 0.2) is 60.7 Å². The Bertz CT molecular complexity index is 1180. The number of benzene rings is 3. The van der Waals surface area contributed by atoms with Crippen molar-refractivity contribution in [3.63, 3.8) is 0 Å². The molecule has 0 radical (unpaired) electrons. The molecule has 1 heterocycles. The lowest BCUT2D eigenvalue weighted by molar-refractivity contribution is 0.0600. The number of carbonyl (C=O) groups excluding carboxylic acids is 1. The fraction of sp³-hybridized carbons (Fsp3) is 0.321. The molecule has 1 aliphatic rings. The summed E-state index contributed by atoms with van der Waals surface area (Å²) in [6.45, 7) is 4.60. The zero-order chi connectivity index (χ0) is 24.2. The number of hydrogen-bond donors (Lipinski definition) is 1. The van der Waals surface area contributed by atoms with Crippen molar-refractivity contribution in [2.75, 3.05) is 20.8 Å².